The van der Waals surface area contributed by atoms with Crippen LogP contribution in [-0.4, -0.2) is 22.2 Å². The fourth-order valence-electron chi connectivity index (χ4n) is 3.26. The molecule has 0 fully saturated rings. The number of carboxylic acids is 1. The lowest BCUT2D eigenvalue weighted by molar-refractivity contribution is 0.0687. The first-order valence-electron chi connectivity index (χ1n) is 10.3. The van der Waals surface area contributed by atoms with E-state index in [1.165, 1.54) is 77.0 Å². The van der Waals surface area contributed by atoms with Crippen molar-refractivity contribution in [1.29, 1.82) is 0 Å². The second-order valence-electron chi connectivity index (χ2n) is 7.14. The van der Waals surface area contributed by atoms with Crippen molar-refractivity contribution in [2.75, 3.05) is 11.9 Å². The van der Waals surface area contributed by atoms with E-state index in [0.717, 1.165) is 18.8 Å². The molecule has 0 aliphatic rings. The lowest BCUT2D eigenvalue weighted by atomic mass is 10.0. The summed E-state index contributed by atoms with van der Waals surface area (Å²) in [5, 5.41) is 12.4. The van der Waals surface area contributed by atoms with E-state index in [1.54, 1.807) is 17.7 Å². The number of hydrogen-bond acceptors (Lipinski definition) is 2. The maximum atomic E-state index is 11.0. The summed E-state index contributed by atoms with van der Waals surface area (Å²) in [6.45, 7) is 3.18. The van der Waals surface area contributed by atoms with Gasteiger partial charge in [-0.15, -0.1) is 0 Å². The van der Waals surface area contributed by atoms with Gasteiger partial charge in [0, 0.05) is 13.6 Å². The molecule has 1 aromatic rings. The Labute approximate surface area is 154 Å². The summed E-state index contributed by atoms with van der Waals surface area (Å²) in [5.74, 6) is 0.00726. The van der Waals surface area contributed by atoms with Crippen molar-refractivity contribution in [1.82, 2.24) is 4.57 Å². The lowest BCUT2D eigenvalue weighted by Gasteiger charge is -2.08. The average Bonchev–Trinajstić information content (AvgIpc) is 2.96. The van der Waals surface area contributed by atoms with Crippen LogP contribution >= 0.6 is 0 Å². The van der Waals surface area contributed by atoms with Crippen LogP contribution in [0.25, 0.3) is 0 Å². The van der Waals surface area contributed by atoms with E-state index in [1.807, 2.05) is 6.07 Å². The molecule has 25 heavy (non-hydrogen) atoms. The Hall–Kier alpha value is -1.45. The Bertz CT molecular complexity index is 468. The van der Waals surface area contributed by atoms with E-state index in [4.69, 9.17) is 5.11 Å². The molecule has 2 N–H and O–H groups in total. The Morgan fingerprint density at radius 1 is 0.880 bits per heavy atom. The highest BCUT2D eigenvalue weighted by Crippen LogP contribution is 2.14. The number of rotatable bonds is 16. The first kappa shape index (κ1) is 21.6. The van der Waals surface area contributed by atoms with Crippen LogP contribution in [0.4, 0.5) is 5.82 Å². The number of carboxylic acid groups (broad SMARTS) is 1. The molecule has 0 bridgehead atoms. The minimum Gasteiger partial charge on any atom is -0.477 e. The average molecular weight is 351 g/mol. The van der Waals surface area contributed by atoms with Crippen LogP contribution in [-0.2, 0) is 7.05 Å². The van der Waals surface area contributed by atoms with Gasteiger partial charge < -0.3 is 15.0 Å². The molecule has 0 spiro atoms. The highest BCUT2D eigenvalue weighted by atomic mass is 16.4. The zero-order valence-corrected chi connectivity index (χ0v) is 16.4. The third-order valence-electron chi connectivity index (χ3n) is 4.93. The Morgan fingerprint density at radius 3 is 1.80 bits per heavy atom. The number of nitrogens with zero attached hydrogens (tertiary/aromatic N) is 1. The second kappa shape index (κ2) is 13.8. The Kier molecular flexibility index (Phi) is 11.9. The maximum absolute atomic E-state index is 11.0. The van der Waals surface area contributed by atoms with Gasteiger partial charge >= 0.3 is 5.97 Å². The molecule has 0 saturated carbocycles. The van der Waals surface area contributed by atoms with E-state index in [9.17, 15) is 4.79 Å². The van der Waals surface area contributed by atoms with Gasteiger partial charge in [-0.2, -0.15) is 0 Å². The zero-order valence-electron chi connectivity index (χ0n) is 16.4. The SMILES string of the molecule is CCCCCCCCCCCCCCCNc1ccc(C(=O)O)n1C. The molecule has 0 aliphatic carbocycles. The van der Waals surface area contributed by atoms with Crippen LogP contribution in [0.3, 0.4) is 0 Å². The number of anilines is 1. The summed E-state index contributed by atoms with van der Waals surface area (Å²) in [6, 6.07) is 3.49. The predicted molar refractivity (Wildman–Crippen MR) is 107 cm³/mol. The molecule has 1 rings (SSSR count). The van der Waals surface area contributed by atoms with Gasteiger partial charge in [-0.25, -0.2) is 4.79 Å². The molecule has 1 heterocycles. The summed E-state index contributed by atoms with van der Waals surface area (Å²) in [4.78, 5) is 11.0. The van der Waals surface area contributed by atoms with Gasteiger partial charge in [-0.05, 0) is 18.6 Å². The third-order valence-corrected chi connectivity index (χ3v) is 4.93. The Balaban J connectivity index is 1.88. The standard InChI is InChI=1S/C21H38N2O2/c1-3-4-5-6-7-8-9-10-11-12-13-14-15-18-22-20-17-16-19(21(24)25)23(20)2/h16-17,22H,3-15,18H2,1-2H3,(H,24,25). The third kappa shape index (κ3) is 9.57. The van der Waals surface area contributed by atoms with E-state index in [0.29, 0.717) is 5.69 Å². The van der Waals surface area contributed by atoms with Crippen LogP contribution in [0, 0.1) is 0 Å². The highest BCUT2D eigenvalue weighted by molar-refractivity contribution is 5.86. The molecular weight excluding hydrogens is 312 g/mol. The van der Waals surface area contributed by atoms with Gasteiger partial charge in [0.1, 0.15) is 11.5 Å². The van der Waals surface area contributed by atoms with Crippen LogP contribution in [0.2, 0.25) is 0 Å². The zero-order chi connectivity index (χ0) is 18.3. The number of nitrogens with one attached hydrogen (secondary N) is 1. The van der Waals surface area contributed by atoms with Crippen molar-refractivity contribution < 1.29 is 9.90 Å². The normalized spacial score (nSPS) is 11.0. The number of carbonyl (C=O) groups is 1. The molecule has 0 radical (unpaired) electrons. The molecule has 0 aliphatic heterocycles. The van der Waals surface area contributed by atoms with Crippen LogP contribution < -0.4 is 5.32 Å². The summed E-state index contributed by atoms with van der Waals surface area (Å²) in [5.41, 5.74) is 0.327. The quantitative estimate of drug-likeness (QED) is 0.348. The smallest absolute Gasteiger partial charge is 0.352 e. The highest BCUT2D eigenvalue weighted by Gasteiger charge is 2.09. The maximum Gasteiger partial charge on any atom is 0.352 e. The predicted octanol–water partition coefficient (Wildman–Crippen LogP) is 6.23. The first-order valence-corrected chi connectivity index (χ1v) is 10.3. The van der Waals surface area contributed by atoms with Crippen LogP contribution in [0.5, 0.6) is 0 Å². The number of aromatic carboxylic acids is 1. The van der Waals surface area contributed by atoms with Gasteiger partial charge in [-0.3, -0.25) is 0 Å². The monoisotopic (exact) mass is 350 g/mol. The van der Waals surface area contributed by atoms with Crippen molar-refractivity contribution in [2.24, 2.45) is 7.05 Å². The molecule has 1 aromatic heterocycles. The minimum absolute atomic E-state index is 0.327. The van der Waals surface area contributed by atoms with Gasteiger partial charge in [0.25, 0.3) is 0 Å². The number of aromatic nitrogens is 1. The fraction of sp³-hybridized carbons (Fsp3) is 0.762. The summed E-state index contributed by atoms with van der Waals surface area (Å²) in [7, 11) is 1.79. The Morgan fingerprint density at radius 2 is 1.36 bits per heavy atom. The lowest BCUT2D eigenvalue weighted by Crippen LogP contribution is -2.09. The molecule has 0 atom stereocenters. The molecule has 4 nitrogen and oxygen atoms in total. The van der Waals surface area contributed by atoms with Gasteiger partial charge in [0.15, 0.2) is 0 Å². The summed E-state index contributed by atoms with van der Waals surface area (Å²) >= 11 is 0. The van der Waals surface area contributed by atoms with Crippen molar-refractivity contribution >= 4 is 11.8 Å². The molecule has 0 aromatic carbocycles. The molecule has 0 saturated heterocycles. The first-order chi connectivity index (χ1) is 12.2. The molecular formula is C21H38N2O2. The summed E-state index contributed by atoms with van der Waals surface area (Å²) < 4.78 is 1.70. The van der Waals surface area contributed by atoms with Crippen LogP contribution in [0.15, 0.2) is 12.1 Å². The van der Waals surface area contributed by atoms with Crippen LogP contribution in [0.1, 0.15) is 101 Å². The topological polar surface area (TPSA) is 54.3 Å². The summed E-state index contributed by atoms with van der Waals surface area (Å²) in [6.07, 6.45) is 17.7. The number of unbranched alkanes of at least 4 members (excludes halogenated alkanes) is 12. The van der Waals surface area contributed by atoms with Crippen molar-refractivity contribution in [2.45, 2.75) is 90.4 Å². The van der Waals surface area contributed by atoms with Crippen molar-refractivity contribution in [3.63, 3.8) is 0 Å². The van der Waals surface area contributed by atoms with Gasteiger partial charge in [0.05, 0.1) is 0 Å². The largest absolute Gasteiger partial charge is 0.477 e. The fourth-order valence-corrected chi connectivity index (χ4v) is 3.26. The second-order valence-corrected chi connectivity index (χ2v) is 7.14. The molecule has 0 unspecified atom stereocenters. The van der Waals surface area contributed by atoms with Crippen molar-refractivity contribution in [3.8, 4) is 0 Å². The molecule has 144 valence electrons. The van der Waals surface area contributed by atoms with Gasteiger partial charge in [-0.1, -0.05) is 84.0 Å². The van der Waals surface area contributed by atoms with E-state index >= 15 is 0 Å². The molecule has 4 heteroatoms. The van der Waals surface area contributed by atoms with E-state index in [2.05, 4.69) is 12.2 Å². The van der Waals surface area contributed by atoms with Gasteiger partial charge in [0.2, 0.25) is 0 Å². The van der Waals surface area contributed by atoms with E-state index < -0.39 is 5.97 Å². The minimum atomic E-state index is -0.878. The van der Waals surface area contributed by atoms with Crippen molar-refractivity contribution in [3.05, 3.63) is 17.8 Å². The number of hydrogen-bond donors (Lipinski definition) is 2. The molecule has 0 amide bonds. The van der Waals surface area contributed by atoms with E-state index in [-0.39, 0.29) is 0 Å².